The Morgan fingerprint density at radius 2 is 1.77 bits per heavy atom. The molecule has 0 spiro atoms. The summed E-state index contributed by atoms with van der Waals surface area (Å²) in [5.74, 6) is 3.06. The van der Waals surface area contributed by atoms with Gasteiger partial charge in [0.15, 0.2) is 11.5 Å². The van der Waals surface area contributed by atoms with E-state index in [1.54, 1.807) is 7.11 Å². The second-order valence-corrected chi connectivity index (χ2v) is 6.18. The van der Waals surface area contributed by atoms with Crippen molar-refractivity contribution in [1.29, 1.82) is 0 Å². The highest BCUT2D eigenvalue weighted by molar-refractivity contribution is 5.44. The van der Waals surface area contributed by atoms with Crippen molar-refractivity contribution in [2.45, 2.75) is 58.5 Å². The van der Waals surface area contributed by atoms with E-state index >= 15 is 0 Å². The molecule has 0 bridgehead atoms. The third-order valence-corrected chi connectivity index (χ3v) is 4.73. The summed E-state index contributed by atoms with van der Waals surface area (Å²) in [6, 6.07) is 6.45. The van der Waals surface area contributed by atoms with Gasteiger partial charge < -0.3 is 14.8 Å². The van der Waals surface area contributed by atoms with Crippen molar-refractivity contribution in [1.82, 2.24) is 5.32 Å². The minimum Gasteiger partial charge on any atom is -0.493 e. The molecule has 22 heavy (non-hydrogen) atoms. The third kappa shape index (κ3) is 3.95. The summed E-state index contributed by atoms with van der Waals surface area (Å²) in [5.41, 5.74) is 1.37. The normalized spacial score (nSPS) is 24.7. The summed E-state index contributed by atoms with van der Waals surface area (Å²) in [7, 11) is 1.72. The Balaban J connectivity index is 0.000000847. The standard InChI is InChI=1S/C17H25NO2.C2H6/c1-12-10-18-11-15(12)13-7-8-16(19-2)17(9-13)20-14-5-3-4-6-14;1-2/h7-9,12,14-15,18H,3-6,10-11H2,1-2H3;1-2H3/t12-,15+;/m0./s1. The summed E-state index contributed by atoms with van der Waals surface area (Å²) in [5, 5.41) is 3.47. The van der Waals surface area contributed by atoms with E-state index in [-0.39, 0.29) is 0 Å². The number of hydrogen-bond donors (Lipinski definition) is 1. The number of nitrogens with one attached hydrogen (secondary N) is 1. The minimum absolute atomic E-state index is 0.373. The van der Waals surface area contributed by atoms with Crippen molar-refractivity contribution < 1.29 is 9.47 Å². The second-order valence-electron chi connectivity index (χ2n) is 6.18. The van der Waals surface area contributed by atoms with Gasteiger partial charge in [0.25, 0.3) is 0 Å². The van der Waals surface area contributed by atoms with Crippen LogP contribution in [-0.2, 0) is 0 Å². The van der Waals surface area contributed by atoms with Gasteiger partial charge in [0.1, 0.15) is 0 Å². The molecule has 1 aliphatic carbocycles. The van der Waals surface area contributed by atoms with Gasteiger partial charge >= 0.3 is 0 Å². The maximum Gasteiger partial charge on any atom is 0.161 e. The maximum atomic E-state index is 6.19. The predicted molar refractivity (Wildman–Crippen MR) is 92.0 cm³/mol. The van der Waals surface area contributed by atoms with Crippen LogP contribution in [0.4, 0.5) is 0 Å². The molecule has 0 radical (unpaired) electrons. The van der Waals surface area contributed by atoms with Gasteiger partial charge in [-0.1, -0.05) is 26.8 Å². The first-order valence-electron chi connectivity index (χ1n) is 8.83. The summed E-state index contributed by atoms with van der Waals surface area (Å²) in [4.78, 5) is 0. The van der Waals surface area contributed by atoms with E-state index in [0.29, 0.717) is 17.9 Å². The van der Waals surface area contributed by atoms with E-state index in [9.17, 15) is 0 Å². The Kier molecular flexibility index (Phi) is 6.56. The van der Waals surface area contributed by atoms with Crippen LogP contribution in [-0.4, -0.2) is 26.3 Å². The van der Waals surface area contributed by atoms with Crippen LogP contribution < -0.4 is 14.8 Å². The molecule has 1 saturated heterocycles. The van der Waals surface area contributed by atoms with Crippen molar-refractivity contribution in [2.24, 2.45) is 5.92 Å². The first-order chi connectivity index (χ1) is 10.8. The fourth-order valence-corrected chi connectivity index (χ4v) is 3.46. The lowest BCUT2D eigenvalue weighted by atomic mass is 9.90. The summed E-state index contributed by atoms with van der Waals surface area (Å²) < 4.78 is 11.6. The molecule has 2 atom stereocenters. The minimum atomic E-state index is 0.373. The molecule has 1 aromatic rings. The van der Waals surface area contributed by atoms with Gasteiger partial charge in [0.2, 0.25) is 0 Å². The molecule has 0 amide bonds. The van der Waals surface area contributed by atoms with E-state index in [1.807, 2.05) is 13.8 Å². The molecule has 2 fully saturated rings. The SMILES string of the molecule is CC.COc1ccc([C@@H]2CNC[C@@H]2C)cc1OC1CCCC1. The van der Waals surface area contributed by atoms with Crippen molar-refractivity contribution in [3.63, 3.8) is 0 Å². The van der Waals surface area contributed by atoms with Crippen molar-refractivity contribution in [3.8, 4) is 11.5 Å². The van der Waals surface area contributed by atoms with Crippen molar-refractivity contribution >= 4 is 0 Å². The molecule has 1 aromatic carbocycles. The van der Waals surface area contributed by atoms with Crippen molar-refractivity contribution in [2.75, 3.05) is 20.2 Å². The fourth-order valence-electron chi connectivity index (χ4n) is 3.46. The van der Waals surface area contributed by atoms with E-state index < -0.39 is 0 Å². The fraction of sp³-hybridized carbons (Fsp3) is 0.684. The van der Waals surface area contributed by atoms with E-state index in [2.05, 4.69) is 30.4 Å². The Hall–Kier alpha value is -1.22. The van der Waals surface area contributed by atoms with E-state index in [0.717, 1.165) is 24.6 Å². The predicted octanol–water partition coefficient (Wildman–Crippen LogP) is 4.37. The van der Waals surface area contributed by atoms with Crippen LogP contribution in [0, 0.1) is 5.92 Å². The molecule has 3 nitrogen and oxygen atoms in total. The molecule has 3 heteroatoms. The van der Waals surface area contributed by atoms with E-state index in [4.69, 9.17) is 9.47 Å². The Bertz CT molecular complexity index is 455. The summed E-state index contributed by atoms with van der Waals surface area (Å²) in [6.45, 7) is 8.48. The molecule has 1 saturated carbocycles. The molecule has 2 aliphatic rings. The number of rotatable bonds is 4. The molecule has 1 heterocycles. The zero-order valence-electron chi connectivity index (χ0n) is 14.5. The molecule has 0 unspecified atom stereocenters. The molecule has 1 aliphatic heterocycles. The lowest BCUT2D eigenvalue weighted by Gasteiger charge is -2.20. The average Bonchev–Trinajstić information content (AvgIpc) is 3.21. The van der Waals surface area contributed by atoms with Crippen LogP contribution >= 0.6 is 0 Å². The first-order valence-corrected chi connectivity index (χ1v) is 8.83. The highest BCUT2D eigenvalue weighted by Crippen LogP contribution is 2.36. The van der Waals surface area contributed by atoms with Crippen LogP contribution in [0.2, 0.25) is 0 Å². The Morgan fingerprint density at radius 3 is 2.36 bits per heavy atom. The van der Waals surface area contributed by atoms with Crippen LogP contribution in [0.5, 0.6) is 11.5 Å². The van der Waals surface area contributed by atoms with Gasteiger partial charge in [-0.3, -0.25) is 0 Å². The van der Waals surface area contributed by atoms with Crippen LogP contribution in [0.3, 0.4) is 0 Å². The molecule has 0 aromatic heterocycles. The monoisotopic (exact) mass is 305 g/mol. The number of hydrogen-bond acceptors (Lipinski definition) is 3. The number of benzene rings is 1. The van der Waals surface area contributed by atoms with Gasteiger partial charge in [0.05, 0.1) is 13.2 Å². The zero-order chi connectivity index (χ0) is 15.9. The molecular formula is C19H31NO2. The maximum absolute atomic E-state index is 6.19. The van der Waals surface area contributed by atoms with Crippen molar-refractivity contribution in [3.05, 3.63) is 23.8 Å². The molecule has 3 rings (SSSR count). The largest absolute Gasteiger partial charge is 0.493 e. The topological polar surface area (TPSA) is 30.5 Å². The molecular weight excluding hydrogens is 274 g/mol. The zero-order valence-corrected chi connectivity index (χ0v) is 14.5. The van der Waals surface area contributed by atoms with Crippen LogP contribution in [0.25, 0.3) is 0 Å². The smallest absolute Gasteiger partial charge is 0.161 e. The van der Waals surface area contributed by atoms with Gasteiger partial charge in [-0.15, -0.1) is 0 Å². The lowest BCUT2D eigenvalue weighted by Crippen LogP contribution is -2.13. The molecule has 124 valence electrons. The van der Waals surface area contributed by atoms with Gasteiger partial charge in [-0.25, -0.2) is 0 Å². The van der Waals surface area contributed by atoms with Gasteiger partial charge in [0, 0.05) is 12.5 Å². The summed E-state index contributed by atoms with van der Waals surface area (Å²) >= 11 is 0. The van der Waals surface area contributed by atoms with Gasteiger partial charge in [-0.05, 0) is 55.8 Å². The third-order valence-electron chi connectivity index (χ3n) is 4.73. The second kappa shape index (κ2) is 8.42. The summed E-state index contributed by atoms with van der Waals surface area (Å²) in [6.07, 6.45) is 5.30. The average molecular weight is 305 g/mol. The first kappa shape index (κ1) is 17.1. The quantitative estimate of drug-likeness (QED) is 0.896. The number of ether oxygens (including phenoxy) is 2. The van der Waals surface area contributed by atoms with Gasteiger partial charge in [-0.2, -0.15) is 0 Å². The highest BCUT2D eigenvalue weighted by atomic mass is 16.5. The highest BCUT2D eigenvalue weighted by Gasteiger charge is 2.26. The Labute approximate surface area is 135 Å². The molecule has 1 N–H and O–H groups in total. The lowest BCUT2D eigenvalue weighted by molar-refractivity contribution is 0.200. The van der Waals surface area contributed by atoms with E-state index in [1.165, 1.54) is 31.2 Å². The van der Waals surface area contributed by atoms with Crippen LogP contribution in [0.15, 0.2) is 18.2 Å². The van der Waals surface area contributed by atoms with Crippen LogP contribution in [0.1, 0.15) is 57.9 Å². The number of methoxy groups -OCH3 is 1. The Morgan fingerprint density at radius 1 is 1.05 bits per heavy atom.